The zero-order valence-corrected chi connectivity index (χ0v) is 32.3. The van der Waals surface area contributed by atoms with Crippen molar-refractivity contribution in [1.29, 1.82) is 0 Å². The average Bonchev–Trinajstić information content (AvgIpc) is 3.33. The van der Waals surface area contributed by atoms with Gasteiger partial charge in [-0.25, -0.2) is 19.8 Å². The lowest BCUT2D eigenvalue weighted by molar-refractivity contribution is 1.07. The lowest BCUT2D eigenvalue weighted by atomic mass is 9.86. The largest absolute Gasteiger partial charge is 0.256 e. The molecule has 5 heteroatoms. The molecule has 0 atom stereocenters. The van der Waals surface area contributed by atoms with Gasteiger partial charge in [-0.05, 0) is 84.4 Å². The van der Waals surface area contributed by atoms with Crippen LogP contribution >= 0.6 is 0 Å². The van der Waals surface area contributed by atoms with Crippen molar-refractivity contribution >= 4 is 48.9 Å². The lowest BCUT2D eigenvalue weighted by Gasteiger charge is -2.18. The van der Waals surface area contributed by atoms with Gasteiger partial charge in [0.05, 0.1) is 12.1 Å². The average molecular weight is 764 g/mol. The van der Waals surface area contributed by atoms with E-state index in [1.807, 2.05) is 97.2 Å². The molecule has 0 fully saturated rings. The fourth-order valence-electron chi connectivity index (χ4n) is 8.53. The number of aromatic nitrogens is 4. The zero-order valence-electron chi connectivity index (χ0n) is 32.3. The predicted molar refractivity (Wildman–Crippen MR) is 247 cm³/mol. The Bertz CT molecular complexity index is 3420. The van der Waals surface area contributed by atoms with Gasteiger partial charge in [0.25, 0.3) is 0 Å². The Morgan fingerprint density at radius 1 is 0.317 bits per heavy atom. The summed E-state index contributed by atoms with van der Waals surface area (Å²) in [4.78, 5) is 23.5. The smallest absolute Gasteiger partial charge is 0.187 e. The van der Waals surface area contributed by atoms with Crippen molar-refractivity contribution in [2.24, 2.45) is 0 Å². The van der Waals surface area contributed by atoms with Gasteiger partial charge in [-0.2, -0.15) is 0 Å². The summed E-state index contributed by atoms with van der Waals surface area (Å²) >= 11 is 0. The van der Waals surface area contributed by atoms with E-state index >= 15 is 0 Å². The quantitative estimate of drug-likeness (QED) is 0.125. The third-order valence-corrected chi connectivity index (χ3v) is 11.4. The number of nitrogens with zero attached hydrogens (tertiary/aromatic N) is 5. The molecule has 60 heavy (non-hydrogen) atoms. The van der Waals surface area contributed by atoms with Gasteiger partial charge in [-0.1, -0.05) is 170 Å². The van der Waals surface area contributed by atoms with E-state index in [-0.39, 0.29) is 0 Å². The van der Waals surface area contributed by atoms with E-state index in [9.17, 15) is 0 Å². The molecule has 0 saturated carbocycles. The molecule has 11 rings (SSSR count). The van der Waals surface area contributed by atoms with Gasteiger partial charge >= 0.3 is 0 Å². The molecule has 0 bridgehead atoms. The van der Waals surface area contributed by atoms with E-state index in [1.165, 1.54) is 27.1 Å². The maximum Gasteiger partial charge on any atom is 0.187 e. The second-order valence-corrected chi connectivity index (χ2v) is 14.9. The van der Waals surface area contributed by atoms with Crippen molar-refractivity contribution in [3.63, 3.8) is 0 Å². The minimum Gasteiger partial charge on any atom is -0.256 e. The summed E-state index contributed by atoms with van der Waals surface area (Å²) in [5.41, 5.74) is 11.0. The molecule has 0 N–H and O–H groups in total. The molecule has 0 amide bonds. The Hall–Kier alpha value is -8.33. The Morgan fingerprint density at radius 2 is 0.817 bits per heavy atom. The van der Waals surface area contributed by atoms with Gasteiger partial charge < -0.3 is 0 Å². The monoisotopic (exact) mass is 763 g/mol. The van der Waals surface area contributed by atoms with E-state index in [0.717, 1.165) is 66.2 Å². The van der Waals surface area contributed by atoms with Crippen LogP contribution in [0.1, 0.15) is 0 Å². The standard InChI is InChI=1S/C55H33N5/c1-56-40-27-25-35(26-28-40)48-33-50-45-23-11-10-22-44(45)49(34-51(50)47-24-13-31-57-52(47)48)46-30-29-41(42-20-8-9-21-43(42)46)38-18-12-19-39(32-38)55-59-53(36-14-4-2-5-15-36)58-54(60-55)37-16-6-3-7-17-37/h2-34H. The first-order valence-corrected chi connectivity index (χ1v) is 19.9. The number of hydrogen-bond donors (Lipinski definition) is 0. The van der Waals surface area contributed by atoms with Crippen molar-refractivity contribution in [1.82, 2.24) is 19.9 Å². The molecule has 0 spiro atoms. The van der Waals surface area contributed by atoms with Crippen LogP contribution in [0, 0.1) is 6.57 Å². The number of rotatable bonds is 6. The normalized spacial score (nSPS) is 11.3. The second-order valence-electron chi connectivity index (χ2n) is 14.9. The number of fused-ring (bicyclic) bond motifs is 6. The van der Waals surface area contributed by atoms with Gasteiger partial charge in [0.2, 0.25) is 0 Å². The van der Waals surface area contributed by atoms with Crippen LogP contribution < -0.4 is 0 Å². The highest BCUT2D eigenvalue weighted by Gasteiger charge is 2.18. The van der Waals surface area contributed by atoms with Crippen LogP contribution in [0.2, 0.25) is 0 Å². The van der Waals surface area contributed by atoms with Crippen LogP contribution in [0.25, 0.3) is 116 Å². The Balaban J connectivity index is 1.08. The molecule has 9 aromatic carbocycles. The Labute approximate surface area is 346 Å². The highest BCUT2D eigenvalue weighted by Crippen LogP contribution is 2.44. The van der Waals surface area contributed by atoms with Crippen molar-refractivity contribution in [3.8, 4) is 67.5 Å². The molecule has 0 aliphatic heterocycles. The van der Waals surface area contributed by atoms with Crippen LogP contribution in [0.4, 0.5) is 5.69 Å². The van der Waals surface area contributed by atoms with Crippen LogP contribution in [-0.4, -0.2) is 19.9 Å². The first-order valence-electron chi connectivity index (χ1n) is 19.9. The zero-order chi connectivity index (χ0) is 40.0. The molecule has 0 aliphatic rings. The van der Waals surface area contributed by atoms with Crippen molar-refractivity contribution in [3.05, 3.63) is 212 Å². The SMILES string of the molecule is [C-]#[N+]c1ccc(-c2cc3c4ccccc4c(-c4ccc(-c5cccc(-c6nc(-c7ccccc7)nc(-c7ccccc7)n6)c5)c5ccccc45)cc3c3cccnc23)cc1. The minimum atomic E-state index is 0.621. The van der Waals surface area contributed by atoms with Crippen LogP contribution in [0.3, 0.4) is 0 Å². The fraction of sp³-hybridized carbons (Fsp3) is 0. The molecule has 11 aromatic rings. The Kier molecular flexibility index (Phi) is 8.46. The van der Waals surface area contributed by atoms with Gasteiger partial charge in [0.15, 0.2) is 23.2 Å². The minimum absolute atomic E-state index is 0.621. The lowest BCUT2D eigenvalue weighted by Crippen LogP contribution is -2.00. The molecule has 0 unspecified atom stereocenters. The predicted octanol–water partition coefficient (Wildman–Crippen LogP) is 14.4. The van der Waals surface area contributed by atoms with E-state index in [4.69, 9.17) is 26.5 Å². The van der Waals surface area contributed by atoms with E-state index in [1.54, 1.807) is 0 Å². The number of pyridine rings is 1. The summed E-state index contributed by atoms with van der Waals surface area (Å²) in [5, 5.41) is 8.09. The van der Waals surface area contributed by atoms with Gasteiger partial charge in [0.1, 0.15) is 0 Å². The maximum atomic E-state index is 7.46. The highest BCUT2D eigenvalue weighted by molar-refractivity contribution is 6.24. The van der Waals surface area contributed by atoms with Gasteiger partial charge in [0, 0.05) is 33.8 Å². The van der Waals surface area contributed by atoms with Gasteiger partial charge in [-0.3, -0.25) is 4.98 Å². The number of benzene rings is 9. The molecule has 2 heterocycles. The first kappa shape index (κ1) is 34.9. The second kappa shape index (κ2) is 14.6. The summed E-state index contributed by atoms with van der Waals surface area (Å²) < 4.78 is 0. The van der Waals surface area contributed by atoms with E-state index in [0.29, 0.717) is 23.2 Å². The molecular weight excluding hydrogens is 731 g/mol. The third kappa shape index (κ3) is 6.03. The van der Waals surface area contributed by atoms with Crippen molar-refractivity contribution in [2.75, 3.05) is 0 Å². The Morgan fingerprint density at radius 3 is 1.48 bits per heavy atom. The van der Waals surface area contributed by atoms with Crippen LogP contribution in [-0.2, 0) is 0 Å². The van der Waals surface area contributed by atoms with Crippen molar-refractivity contribution < 1.29 is 0 Å². The topological polar surface area (TPSA) is 55.9 Å². The summed E-state index contributed by atoms with van der Waals surface area (Å²) in [6.07, 6.45) is 1.86. The summed E-state index contributed by atoms with van der Waals surface area (Å²) in [6.45, 7) is 7.46. The van der Waals surface area contributed by atoms with E-state index < -0.39 is 0 Å². The molecule has 0 aliphatic carbocycles. The summed E-state index contributed by atoms with van der Waals surface area (Å²) in [5.74, 6) is 1.90. The highest BCUT2D eigenvalue weighted by atomic mass is 15.0. The summed E-state index contributed by atoms with van der Waals surface area (Å²) in [6, 6.07) is 67.2. The fourth-order valence-corrected chi connectivity index (χ4v) is 8.53. The molecule has 5 nitrogen and oxygen atoms in total. The molecule has 2 aromatic heterocycles. The van der Waals surface area contributed by atoms with Gasteiger partial charge in [-0.15, -0.1) is 0 Å². The maximum absolute atomic E-state index is 7.46. The van der Waals surface area contributed by atoms with Crippen molar-refractivity contribution in [2.45, 2.75) is 0 Å². The van der Waals surface area contributed by atoms with Crippen LogP contribution in [0.5, 0.6) is 0 Å². The molecular formula is C55H33N5. The molecule has 0 radical (unpaired) electrons. The first-order chi connectivity index (χ1) is 29.7. The summed E-state index contributed by atoms with van der Waals surface area (Å²) in [7, 11) is 0. The number of hydrogen-bond acceptors (Lipinski definition) is 4. The van der Waals surface area contributed by atoms with Crippen LogP contribution in [0.15, 0.2) is 200 Å². The molecule has 0 saturated heterocycles. The van der Waals surface area contributed by atoms with E-state index in [2.05, 4.69) is 108 Å². The third-order valence-electron chi connectivity index (χ3n) is 11.4. The molecule has 278 valence electrons.